The Morgan fingerprint density at radius 1 is 1.10 bits per heavy atom. The quantitative estimate of drug-likeness (QED) is 0.679. The number of hydrogen-bond acceptors (Lipinski definition) is 5. The molecule has 1 unspecified atom stereocenters. The second-order valence-corrected chi connectivity index (χ2v) is 7.47. The highest BCUT2D eigenvalue weighted by molar-refractivity contribution is 5.94. The van der Waals surface area contributed by atoms with Gasteiger partial charge in [0.15, 0.2) is 0 Å². The molecule has 0 saturated carbocycles. The first-order chi connectivity index (χ1) is 14.1. The smallest absolute Gasteiger partial charge is 0.324 e. The van der Waals surface area contributed by atoms with Crippen molar-refractivity contribution in [3.63, 3.8) is 0 Å². The summed E-state index contributed by atoms with van der Waals surface area (Å²) in [6, 6.07) is 7.58. The molecule has 5 rings (SSSR count). The zero-order valence-electron chi connectivity index (χ0n) is 16.1. The number of nitrogens with zero attached hydrogens (tertiary/aromatic N) is 7. The van der Waals surface area contributed by atoms with E-state index in [1.165, 1.54) is 0 Å². The number of urea groups is 1. The van der Waals surface area contributed by atoms with Crippen molar-refractivity contribution in [3.8, 4) is 0 Å². The van der Waals surface area contributed by atoms with Gasteiger partial charge in [0, 0.05) is 39.4 Å². The van der Waals surface area contributed by atoms with Gasteiger partial charge in [0.25, 0.3) is 5.91 Å². The summed E-state index contributed by atoms with van der Waals surface area (Å²) in [5, 5.41) is 4.45. The van der Waals surface area contributed by atoms with Crippen molar-refractivity contribution in [1.82, 2.24) is 29.5 Å². The van der Waals surface area contributed by atoms with Crippen LogP contribution in [0.4, 0.5) is 10.5 Å². The van der Waals surface area contributed by atoms with Crippen LogP contribution in [0.15, 0.2) is 42.9 Å². The second-order valence-electron chi connectivity index (χ2n) is 7.47. The Morgan fingerprint density at radius 3 is 2.72 bits per heavy atom. The number of hydrogen-bond donors (Lipinski definition) is 0. The summed E-state index contributed by atoms with van der Waals surface area (Å²) in [4.78, 5) is 39.1. The minimum Gasteiger partial charge on any atom is -0.335 e. The van der Waals surface area contributed by atoms with E-state index < -0.39 is 0 Å². The van der Waals surface area contributed by atoms with Crippen LogP contribution in [0.1, 0.15) is 23.0 Å². The number of carbonyl (C=O) groups excluding carboxylic acids is 2. The van der Waals surface area contributed by atoms with Gasteiger partial charge in [-0.2, -0.15) is 5.10 Å². The summed E-state index contributed by atoms with van der Waals surface area (Å²) in [5.41, 5.74) is 2.64. The predicted octanol–water partition coefficient (Wildman–Crippen LogP) is 1.79. The number of para-hydroxylation sites is 2. The number of likely N-dealkylation sites (tertiary alicyclic amines) is 1. The number of anilines is 1. The molecule has 9 nitrogen and oxygen atoms in total. The molecule has 2 saturated heterocycles. The van der Waals surface area contributed by atoms with E-state index in [1.807, 2.05) is 35.1 Å². The standard InChI is InChI=1S/C20H21N7O2/c1-24-8-9-26(20(24)29)15-10-22-27(13-15)14-6-7-25(12-14)19(28)18-11-21-16-4-2-3-5-17(16)23-18/h2-5,10-11,13-14H,6-9,12H2,1H3. The Hall–Kier alpha value is -3.49. The molecule has 0 radical (unpaired) electrons. The van der Waals surface area contributed by atoms with Crippen LogP contribution >= 0.6 is 0 Å². The third-order valence-electron chi connectivity index (χ3n) is 5.61. The number of likely N-dealkylation sites (N-methyl/N-ethyl adjacent to an activating group) is 1. The molecule has 9 heteroatoms. The SMILES string of the molecule is CN1CCN(c2cnn(C3CCN(C(=O)c4cnc5ccccc5n4)C3)c2)C1=O. The maximum absolute atomic E-state index is 12.9. The van der Waals surface area contributed by atoms with E-state index in [2.05, 4.69) is 15.1 Å². The van der Waals surface area contributed by atoms with Crippen LogP contribution in [-0.2, 0) is 0 Å². The molecule has 2 fully saturated rings. The fraction of sp³-hybridized carbons (Fsp3) is 0.350. The Labute approximate surface area is 167 Å². The molecule has 0 bridgehead atoms. The van der Waals surface area contributed by atoms with Gasteiger partial charge in [0.2, 0.25) is 0 Å². The maximum atomic E-state index is 12.9. The Balaban J connectivity index is 1.30. The van der Waals surface area contributed by atoms with Gasteiger partial charge >= 0.3 is 6.03 Å². The van der Waals surface area contributed by atoms with Gasteiger partial charge in [-0.3, -0.25) is 19.4 Å². The Morgan fingerprint density at radius 2 is 1.93 bits per heavy atom. The lowest BCUT2D eigenvalue weighted by atomic mass is 10.3. The number of benzene rings is 1. The fourth-order valence-corrected chi connectivity index (χ4v) is 3.92. The first-order valence-electron chi connectivity index (χ1n) is 9.68. The van der Waals surface area contributed by atoms with Gasteiger partial charge in [-0.25, -0.2) is 9.78 Å². The lowest BCUT2D eigenvalue weighted by molar-refractivity contribution is 0.0781. The van der Waals surface area contributed by atoms with Crippen molar-refractivity contribution >= 4 is 28.7 Å². The molecule has 0 aliphatic carbocycles. The van der Waals surface area contributed by atoms with E-state index in [4.69, 9.17) is 0 Å². The molecular formula is C20H21N7O2. The second kappa shape index (κ2) is 6.84. The predicted molar refractivity (Wildman–Crippen MR) is 107 cm³/mol. The van der Waals surface area contributed by atoms with Crippen LogP contribution in [0.5, 0.6) is 0 Å². The van der Waals surface area contributed by atoms with Gasteiger partial charge in [0.1, 0.15) is 5.69 Å². The lowest BCUT2D eigenvalue weighted by Gasteiger charge is -2.16. The molecule has 4 heterocycles. The maximum Gasteiger partial charge on any atom is 0.324 e. The molecule has 0 spiro atoms. The van der Waals surface area contributed by atoms with E-state index >= 15 is 0 Å². The van der Waals surface area contributed by atoms with Gasteiger partial charge in [-0.15, -0.1) is 0 Å². The highest BCUT2D eigenvalue weighted by atomic mass is 16.2. The Kier molecular flexibility index (Phi) is 4.15. The molecule has 0 N–H and O–H groups in total. The number of carbonyl (C=O) groups is 2. The molecule has 2 aliphatic rings. The summed E-state index contributed by atoms with van der Waals surface area (Å²) >= 11 is 0. The summed E-state index contributed by atoms with van der Waals surface area (Å²) in [6.45, 7) is 2.57. The zero-order valence-corrected chi connectivity index (χ0v) is 16.1. The topological polar surface area (TPSA) is 87.5 Å². The molecule has 29 heavy (non-hydrogen) atoms. The molecule has 148 valence electrons. The van der Waals surface area contributed by atoms with Crippen molar-refractivity contribution in [2.24, 2.45) is 0 Å². The van der Waals surface area contributed by atoms with Crippen molar-refractivity contribution in [1.29, 1.82) is 0 Å². The fourth-order valence-electron chi connectivity index (χ4n) is 3.92. The highest BCUT2D eigenvalue weighted by Gasteiger charge is 2.31. The van der Waals surface area contributed by atoms with Crippen LogP contribution in [0.2, 0.25) is 0 Å². The van der Waals surface area contributed by atoms with Crippen LogP contribution in [0.3, 0.4) is 0 Å². The average Bonchev–Trinajstić information content (AvgIpc) is 3.48. The van der Waals surface area contributed by atoms with Crippen molar-refractivity contribution in [2.75, 3.05) is 38.1 Å². The van der Waals surface area contributed by atoms with Crippen LogP contribution in [-0.4, -0.2) is 74.7 Å². The van der Waals surface area contributed by atoms with Crippen molar-refractivity contribution < 1.29 is 9.59 Å². The van der Waals surface area contributed by atoms with Crippen molar-refractivity contribution in [3.05, 3.63) is 48.5 Å². The first kappa shape index (κ1) is 17.6. The summed E-state index contributed by atoms with van der Waals surface area (Å²) < 4.78 is 1.86. The molecule has 1 aromatic carbocycles. The van der Waals surface area contributed by atoms with E-state index in [-0.39, 0.29) is 18.0 Å². The zero-order chi connectivity index (χ0) is 20.0. The Bertz CT molecular complexity index is 1100. The molecule has 3 aromatic rings. The van der Waals surface area contributed by atoms with E-state index in [0.717, 1.165) is 17.6 Å². The van der Waals surface area contributed by atoms with Gasteiger partial charge < -0.3 is 9.80 Å². The van der Waals surface area contributed by atoms with Gasteiger partial charge in [-0.1, -0.05) is 12.1 Å². The monoisotopic (exact) mass is 391 g/mol. The summed E-state index contributed by atoms with van der Waals surface area (Å²) in [6.07, 6.45) is 5.96. The normalized spacial score (nSPS) is 19.6. The minimum atomic E-state index is -0.116. The lowest BCUT2D eigenvalue weighted by Crippen LogP contribution is -2.30. The summed E-state index contributed by atoms with van der Waals surface area (Å²) in [7, 11) is 1.79. The molecule has 1 atom stereocenters. The van der Waals surface area contributed by atoms with Crippen LogP contribution in [0, 0.1) is 0 Å². The first-order valence-corrected chi connectivity index (χ1v) is 9.68. The largest absolute Gasteiger partial charge is 0.335 e. The van der Waals surface area contributed by atoms with Crippen molar-refractivity contribution in [2.45, 2.75) is 12.5 Å². The van der Waals surface area contributed by atoms with Crippen LogP contribution < -0.4 is 4.90 Å². The van der Waals surface area contributed by atoms with E-state index in [9.17, 15) is 9.59 Å². The minimum absolute atomic E-state index is 0.0114. The molecular weight excluding hydrogens is 370 g/mol. The number of rotatable bonds is 3. The van der Waals surface area contributed by atoms with Crippen LogP contribution in [0.25, 0.3) is 11.0 Å². The molecule has 3 amide bonds. The summed E-state index contributed by atoms with van der Waals surface area (Å²) in [5.74, 6) is -0.116. The van der Waals surface area contributed by atoms with E-state index in [0.29, 0.717) is 37.4 Å². The third kappa shape index (κ3) is 3.08. The van der Waals surface area contributed by atoms with Gasteiger partial charge in [-0.05, 0) is 18.6 Å². The average molecular weight is 391 g/mol. The number of aromatic nitrogens is 4. The highest BCUT2D eigenvalue weighted by Crippen LogP contribution is 2.26. The number of fused-ring (bicyclic) bond motifs is 1. The molecule has 2 aromatic heterocycles. The third-order valence-corrected chi connectivity index (χ3v) is 5.61. The molecule has 2 aliphatic heterocycles. The number of amides is 3. The van der Waals surface area contributed by atoms with E-state index in [1.54, 1.807) is 34.1 Å². The van der Waals surface area contributed by atoms with Gasteiger partial charge in [0.05, 0.1) is 35.2 Å².